The van der Waals surface area contributed by atoms with Gasteiger partial charge in [-0.3, -0.25) is 4.90 Å². The standard InChI is InChI=1S/C18H30N4O/c1-2-8-21(9-3-1)13-16-6-10-22(11-7-16)14-18-19-17(20-23-18)12-15-4-5-15/h15-16H,1-14H2. The number of hydrogen-bond donors (Lipinski definition) is 0. The zero-order valence-electron chi connectivity index (χ0n) is 14.3. The zero-order valence-corrected chi connectivity index (χ0v) is 14.3. The van der Waals surface area contributed by atoms with Crippen molar-refractivity contribution in [2.45, 2.75) is 57.9 Å². The average molecular weight is 318 g/mol. The lowest BCUT2D eigenvalue weighted by Gasteiger charge is -2.35. The van der Waals surface area contributed by atoms with Gasteiger partial charge in [-0.15, -0.1) is 0 Å². The molecule has 4 rings (SSSR count). The largest absolute Gasteiger partial charge is 0.338 e. The van der Waals surface area contributed by atoms with Gasteiger partial charge in [0, 0.05) is 13.0 Å². The van der Waals surface area contributed by atoms with Gasteiger partial charge >= 0.3 is 0 Å². The van der Waals surface area contributed by atoms with Crippen LogP contribution < -0.4 is 0 Å². The van der Waals surface area contributed by atoms with Gasteiger partial charge in [-0.25, -0.2) is 0 Å². The highest BCUT2D eigenvalue weighted by molar-refractivity contribution is 4.92. The van der Waals surface area contributed by atoms with E-state index in [9.17, 15) is 0 Å². The third-order valence-electron chi connectivity index (χ3n) is 5.71. The molecule has 0 N–H and O–H groups in total. The third-order valence-corrected chi connectivity index (χ3v) is 5.71. The SMILES string of the molecule is C1CCN(CC2CCN(Cc3nc(CC4CC4)no3)CC2)CC1. The number of piperidine rings is 2. The zero-order chi connectivity index (χ0) is 15.5. The van der Waals surface area contributed by atoms with Crippen LogP contribution in [0.25, 0.3) is 0 Å². The molecule has 0 radical (unpaired) electrons. The number of hydrogen-bond acceptors (Lipinski definition) is 5. The van der Waals surface area contributed by atoms with E-state index >= 15 is 0 Å². The van der Waals surface area contributed by atoms with Crippen LogP contribution in [0.1, 0.15) is 56.7 Å². The smallest absolute Gasteiger partial charge is 0.240 e. The van der Waals surface area contributed by atoms with Crippen molar-refractivity contribution in [2.24, 2.45) is 11.8 Å². The maximum absolute atomic E-state index is 5.43. The normalized spacial score (nSPS) is 25.0. The molecule has 128 valence electrons. The quantitative estimate of drug-likeness (QED) is 0.807. The Morgan fingerprint density at radius 2 is 1.65 bits per heavy atom. The molecule has 5 nitrogen and oxygen atoms in total. The molecule has 2 aliphatic heterocycles. The van der Waals surface area contributed by atoms with Crippen molar-refractivity contribution in [3.63, 3.8) is 0 Å². The summed E-state index contributed by atoms with van der Waals surface area (Å²) in [6.07, 6.45) is 10.6. The van der Waals surface area contributed by atoms with E-state index in [0.29, 0.717) is 0 Å². The highest BCUT2D eigenvalue weighted by atomic mass is 16.5. The number of likely N-dealkylation sites (tertiary alicyclic amines) is 2. The molecule has 1 saturated carbocycles. The predicted octanol–water partition coefficient (Wildman–Crippen LogP) is 2.72. The van der Waals surface area contributed by atoms with E-state index in [1.807, 2.05) is 0 Å². The number of nitrogens with zero attached hydrogens (tertiary/aromatic N) is 4. The Morgan fingerprint density at radius 1 is 0.870 bits per heavy atom. The second kappa shape index (κ2) is 7.31. The van der Waals surface area contributed by atoms with Gasteiger partial charge in [0.1, 0.15) is 0 Å². The molecule has 1 aromatic heterocycles. The lowest BCUT2D eigenvalue weighted by molar-refractivity contribution is 0.120. The van der Waals surface area contributed by atoms with E-state index in [4.69, 9.17) is 4.52 Å². The second-order valence-corrected chi connectivity index (χ2v) is 7.83. The van der Waals surface area contributed by atoms with Crippen molar-refractivity contribution >= 4 is 0 Å². The minimum absolute atomic E-state index is 0.815. The first-order chi connectivity index (χ1) is 11.3. The van der Waals surface area contributed by atoms with Crippen LogP contribution in [0.5, 0.6) is 0 Å². The lowest BCUT2D eigenvalue weighted by atomic mass is 9.95. The van der Waals surface area contributed by atoms with Crippen LogP contribution in [0, 0.1) is 11.8 Å². The van der Waals surface area contributed by atoms with Crippen molar-refractivity contribution in [2.75, 3.05) is 32.7 Å². The minimum atomic E-state index is 0.815. The van der Waals surface area contributed by atoms with Crippen LogP contribution in [0.15, 0.2) is 4.52 Å². The summed E-state index contributed by atoms with van der Waals surface area (Å²) in [4.78, 5) is 9.74. The molecular weight excluding hydrogens is 288 g/mol. The fourth-order valence-corrected chi connectivity index (χ4v) is 4.04. The Hall–Kier alpha value is -0.940. The maximum atomic E-state index is 5.43. The molecule has 0 bridgehead atoms. The van der Waals surface area contributed by atoms with E-state index in [2.05, 4.69) is 19.9 Å². The summed E-state index contributed by atoms with van der Waals surface area (Å²) in [6.45, 7) is 7.17. The molecule has 3 heterocycles. The van der Waals surface area contributed by atoms with Crippen LogP contribution >= 0.6 is 0 Å². The molecule has 1 aromatic rings. The summed E-state index contributed by atoms with van der Waals surface area (Å²) in [5.41, 5.74) is 0. The highest BCUT2D eigenvalue weighted by Crippen LogP contribution is 2.31. The van der Waals surface area contributed by atoms with E-state index in [-0.39, 0.29) is 0 Å². The van der Waals surface area contributed by atoms with E-state index in [1.54, 1.807) is 0 Å². The van der Waals surface area contributed by atoms with Crippen molar-refractivity contribution in [3.05, 3.63) is 11.7 Å². The van der Waals surface area contributed by atoms with Gasteiger partial charge in [-0.05, 0) is 76.5 Å². The molecule has 1 aliphatic carbocycles. The number of aromatic nitrogens is 2. The first-order valence-electron chi connectivity index (χ1n) is 9.61. The lowest BCUT2D eigenvalue weighted by Crippen LogP contribution is -2.40. The van der Waals surface area contributed by atoms with Crippen molar-refractivity contribution < 1.29 is 4.52 Å². The Balaban J connectivity index is 1.19. The fraction of sp³-hybridized carbons (Fsp3) is 0.889. The molecule has 0 aromatic carbocycles. The van der Waals surface area contributed by atoms with Crippen LogP contribution in [0.3, 0.4) is 0 Å². The predicted molar refractivity (Wildman–Crippen MR) is 89.0 cm³/mol. The van der Waals surface area contributed by atoms with Crippen LogP contribution in [0.2, 0.25) is 0 Å². The summed E-state index contributed by atoms with van der Waals surface area (Å²) in [5.74, 6) is 3.45. The van der Waals surface area contributed by atoms with Gasteiger partial charge < -0.3 is 9.42 Å². The van der Waals surface area contributed by atoms with Crippen LogP contribution in [-0.4, -0.2) is 52.7 Å². The summed E-state index contributed by atoms with van der Waals surface area (Å²) < 4.78 is 5.43. The molecule has 3 fully saturated rings. The first-order valence-corrected chi connectivity index (χ1v) is 9.61. The van der Waals surface area contributed by atoms with Gasteiger partial charge in [-0.1, -0.05) is 11.6 Å². The minimum Gasteiger partial charge on any atom is -0.338 e. The van der Waals surface area contributed by atoms with Crippen molar-refractivity contribution in [1.29, 1.82) is 0 Å². The number of rotatable bonds is 6. The molecule has 0 amide bonds. The molecule has 5 heteroatoms. The van der Waals surface area contributed by atoms with E-state index < -0.39 is 0 Å². The van der Waals surface area contributed by atoms with E-state index in [0.717, 1.165) is 36.5 Å². The third kappa shape index (κ3) is 4.54. The topological polar surface area (TPSA) is 45.4 Å². The monoisotopic (exact) mass is 318 g/mol. The van der Waals surface area contributed by atoms with Gasteiger partial charge in [0.2, 0.25) is 5.89 Å². The molecule has 2 saturated heterocycles. The summed E-state index contributed by atoms with van der Waals surface area (Å²) in [6, 6.07) is 0. The summed E-state index contributed by atoms with van der Waals surface area (Å²) >= 11 is 0. The Labute approximate surface area is 139 Å². The first kappa shape index (κ1) is 15.6. The molecule has 0 atom stereocenters. The highest BCUT2D eigenvalue weighted by Gasteiger charge is 2.26. The van der Waals surface area contributed by atoms with Crippen LogP contribution in [-0.2, 0) is 13.0 Å². The Kier molecular flexibility index (Phi) is 4.95. The van der Waals surface area contributed by atoms with Gasteiger partial charge in [0.25, 0.3) is 0 Å². The molecule has 3 aliphatic rings. The van der Waals surface area contributed by atoms with Crippen molar-refractivity contribution in [3.8, 4) is 0 Å². The molecular formula is C18H30N4O. The molecule has 0 unspecified atom stereocenters. The Bertz CT molecular complexity index is 485. The van der Waals surface area contributed by atoms with Gasteiger partial charge in [0.05, 0.1) is 6.54 Å². The second-order valence-electron chi connectivity index (χ2n) is 7.83. The van der Waals surface area contributed by atoms with Crippen LogP contribution in [0.4, 0.5) is 0 Å². The summed E-state index contributed by atoms with van der Waals surface area (Å²) in [7, 11) is 0. The van der Waals surface area contributed by atoms with E-state index in [1.165, 1.54) is 77.7 Å². The molecule has 0 spiro atoms. The van der Waals surface area contributed by atoms with Gasteiger partial charge in [-0.2, -0.15) is 4.98 Å². The van der Waals surface area contributed by atoms with Gasteiger partial charge in [0.15, 0.2) is 5.82 Å². The maximum Gasteiger partial charge on any atom is 0.240 e. The molecule has 23 heavy (non-hydrogen) atoms. The fourth-order valence-electron chi connectivity index (χ4n) is 4.04. The summed E-state index contributed by atoms with van der Waals surface area (Å²) in [5, 5.41) is 4.13. The average Bonchev–Trinajstić information content (AvgIpc) is 3.28. The Morgan fingerprint density at radius 3 is 2.39 bits per heavy atom. The van der Waals surface area contributed by atoms with Crippen molar-refractivity contribution in [1.82, 2.24) is 19.9 Å².